The minimum absolute atomic E-state index is 0.510. The Morgan fingerprint density at radius 3 is 1.68 bits per heavy atom. The fourth-order valence-corrected chi connectivity index (χ4v) is 5.65. The Balaban J connectivity index is 3.13. The van der Waals surface area contributed by atoms with E-state index >= 15 is 0 Å². The Hall–Kier alpha value is 0.177. The Labute approximate surface area is 141 Å². The maximum Gasteiger partial charge on any atom is 0.184 e. The van der Waals surface area contributed by atoms with E-state index in [0.29, 0.717) is 6.10 Å². The lowest BCUT2D eigenvalue weighted by molar-refractivity contribution is 0.0467. The largest absolute Gasteiger partial charge is 0.414 e. The molecule has 7 unspecified atom stereocenters. The van der Waals surface area contributed by atoms with E-state index in [0.717, 1.165) is 35.5 Å². The third kappa shape index (κ3) is 4.83. The SMILES string of the molecule is CCC(C)C1CC(C(C)CC)C(C(C)CC)C1O[Si](C)(C)C. The van der Waals surface area contributed by atoms with E-state index in [1.54, 1.807) is 0 Å². The van der Waals surface area contributed by atoms with Crippen LogP contribution in [0.2, 0.25) is 19.6 Å². The highest BCUT2D eigenvalue weighted by molar-refractivity contribution is 6.69. The Morgan fingerprint density at radius 1 is 0.818 bits per heavy atom. The van der Waals surface area contributed by atoms with Crippen molar-refractivity contribution in [2.45, 2.75) is 93.0 Å². The van der Waals surface area contributed by atoms with E-state index in [2.05, 4.69) is 61.2 Å². The van der Waals surface area contributed by atoms with Crippen LogP contribution in [0.25, 0.3) is 0 Å². The molecule has 0 spiro atoms. The summed E-state index contributed by atoms with van der Waals surface area (Å²) in [7, 11) is -1.50. The molecular formula is C20H42OSi. The normalized spacial score (nSPS) is 33.7. The molecule has 0 amide bonds. The molecule has 1 rings (SSSR count). The molecular weight excluding hydrogens is 284 g/mol. The molecule has 0 aromatic carbocycles. The average molecular weight is 327 g/mol. The summed E-state index contributed by atoms with van der Waals surface area (Å²) < 4.78 is 6.83. The minimum Gasteiger partial charge on any atom is -0.414 e. The van der Waals surface area contributed by atoms with Gasteiger partial charge < -0.3 is 4.43 Å². The van der Waals surface area contributed by atoms with Crippen molar-refractivity contribution >= 4 is 8.32 Å². The molecule has 1 aliphatic rings. The van der Waals surface area contributed by atoms with Gasteiger partial charge in [-0.05, 0) is 61.6 Å². The van der Waals surface area contributed by atoms with Crippen LogP contribution >= 0.6 is 0 Å². The van der Waals surface area contributed by atoms with Gasteiger partial charge in [-0.1, -0.05) is 60.8 Å². The maximum atomic E-state index is 6.83. The predicted molar refractivity (Wildman–Crippen MR) is 102 cm³/mol. The van der Waals surface area contributed by atoms with Crippen LogP contribution in [0.3, 0.4) is 0 Å². The van der Waals surface area contributed by atoms with E-state index in [-0.39, 0.29) is 0 Å². The first-order valence-electron chi connectivity index (χ1n) is 9.83. The molecule has 0 bridgehead atoms. The van der Waals surface area contributed by atoms with Crippen molar-refractivity contribution in [3.05, 3.63) is 0 Å². The smallest absolute Gasteiger partial charge is 0.184 e. The molecule has 0 aromatic heterocycles. The van der Waals surface area contributed by atoms with Crippen molar-refractivity contribution in [2.75, 3.05) is 0 Å². The lowest BCUT2D eigenvalue weighted by atomic mass is 9.76. The van der Waals surface area contributed by atoms with Gasteiger partial charge in [-0.15, -0.1) is 0 Å². The highest BCUT2D eigenvalue weighted by Gasteiger charge is 2.49. The van der Waals surface area contributed by atoms with E-state index in [1.807, 2.05) is 0 Å². The first kappa shape index (κ1) is 20.2. The minimum atomic E-state index is -1.50. The fraction of sp³-hybridized carbons (Fsp3) is 1.00. The van der Waals surface area contributed by atoms with Gasteiger partial charge in [0.25, 0.3) is 0 Å². The first-order chi connectivity index (χ1) is 10.2. The van der Waals surface area contributed by atoms with Crippen molar-refractivity contribution in [1.29, 1.82) is 0 Å². The molecule has 132 valence electrons. The van der Waals surface area contributed by atoms with Crippen molar-refractivity contribution in [1.82, 2.24) is 0 Å². The highest BCUT2D eigenvalue weighted by atomic mass is 28.4. The van der Waals surface area contributed by atoms with Crippen LogP contribution in [0.4, 0.5) is 0 Å². The van der Waals surface area contributed by atoms with Crippen molar-refractivity contribution < 1.29 is 4.43 Å². The second kappa shape index (κ2) is 8.33. The van der Waals surface area contributed by atoms with Crippen LogP contribution < -0.4 is 0 Å². The summed E-state index contributed by atoms with van der Waals surface area (Å²) in [6.45, 7) is 21.6. The predicted octanol–water partition coefficient (Wildman–Crippen LogP) is 6.60. The molecule has 1 nitrogen and oxygen atoms in total. The van der Waals surface area contributed by atoms with Crippen molar-refractivity contribution in [3.8, 4) is 0 Å². The molecule has 7 atom stereocenters. The summed E-state index contributed by atoms with van der Waals surface area (Å²) in [5.41, 5.74) is 0. The van der Waals surface area contributed by atoms with Crippen LogP contribution in [-0.4, -0.2) is 14.4 Å². The van der Waals surface area contributed by atoms with Crippen molar-refractivity contribution in [3.63, 3.8) is 0 Å². The van der Waals surface area contributed by atoms with E-state index < -0.39 is 8.32 Å². The zero-order chi connectivity index (χ0) is 17.1. The molecule has 0 heterocycles. The summed E-state index contributed by atoms with van der Waals surface area (Å²) in [4.78, 5) is 0. The number of hydrogen-bond acceptors (Lipinski definition) is 1. The standard InChI is InChI=1S/C20H42OSi/c1-10-14(4)17-13-18(15(5)11-2)20(21-22(7,8)9)19(17)16(6)12-3/h14-20H,10-13H2,1-9H3. The van der Waals surface area contributed by atoms with Crippen molar-refractivity contribution in [2.24, 2.45) is 35.5 Å². The van der Waals surface area contributed by atoms with Gasteiger partial charge in [0.1, 0.15) is 0 Å². The van der Waals surface area contributed by atoms with Gasteiger partial charge in [-0.25, -0.2) is 0 Å². The highest BCUT2D eigenvalue weighted by Crippen LogP contribution is 2.51. The van der Waals surface area contributed by atoms with E-state index in [4.69, 9.17) is 4.43 Å². The second-order valence-electron chi connectivity index (χ2n) is 8.99. The molecule has 0 radical (unpaired) electrons. The molecule has 1 fully saturated rings. The van der Waals surface area contributed by atoms with Crippen LogP contribution in [0.1, 0.15) is 67.2 Å². The van der Waals surface area contributed by atoms with Gasteiger partial charge in [-0.2, -0.15) is 0 Å². The first-order valence-corrected chi connectivity index (χ1v) is 13.2. The molecule has 1 aliphatic carbocycles. The monoisotopic (exact) mass is 326 g/mol. The van der Waals surface area contributed by atoms with E-state index in [9.17, 15) is 0 Å². The Morgan fingerprint density at radius 2 is 1.27 bits per heavy atom. The number of rotatable bonds is 8. The van der Waals surface area contributed by atoms with Gasteiger partial charge in [0.15, 0.2) is 8.32 Å². The summed E-state index contributed by atoms with van der Waals surface area (Å²) in [6, 6.07) is 0. The third-order valence-electron chi connectivity index (χ3n) is 6.38. The Kier molecular flexibility index (Phi) is 7.65. The zero-order valence-corrected chi connectivity index (χ0v) is 17.8. The van der Waals surface area contributed by atoms with Gasteiger partial charge in [0.05, 0.1) is 6.10 Å². The van der Waals surface area contributed by atoms with Crippen LogP contribution in [0.15, 0.2) is 0 Å². The molecule has 2 heteroatoms. The molecule has 0 saturated heterocycles. The molecule has 22 heavy (non-hydrogen) atoms. The van der Waals surface area contributed by atoms with Gasteiger partial charge >= 0.3 is 0 Å². The second-order valence-corrected chi connectivity index (χ2v) is 13.5. The van der Waals surface area contributed by atoms with Gasteiger partial charge in [0, 0.05) is 0 Å². The van der Waals surface area contributed by atoms with Gasteiger partial charge in [0.2, 0.25) is 0 Å². The summed E-state index contributed by atoms with van der Waals surface area (Å²) >= 11 is 0. The third-order valence-corrected chi connectivity index (χ3v) is 7.36. The lowest BCUT2D eigenvalue weighted by Crippen LogP contribution is -2.41. The quantitative estimate of drug-likeness (QED) is 0.457. The Bertz CT molecular complexity index is 322. The van der Waals surface area contributed by atoms with E-state index in [1.165, 1.54) is 25.7 Å². The van der Waals surface area contributed by atoms with Crippen LogP contribution in [0, 0.1) is 35.5 Å². The zero-order valence-electron chi connectivity index (χ0n) is 16.8. The van der Waals surface area contributed by atoms with Crippen LogP contribution in [-0.2, 0) is 4.43 Å². The fourth-order valence-electron chi connectivity index (χ4n) is 4.50. The van der Waals surface area contributed by atoms with Crippen LogP contribution in [0.5, 0.6) is 0 Å². The molecule has 0 aromatic rings. The molecule has 0 aliphatic heterocycles. The summed E-state index contributed by atoms with van der Waals surface area (Å²) in [6.07, 6.45) is 5.79. The molecule has 1 saturated carbocycles. The topological polar surface area (TPSA) is 9.23 Å². The van der Waals surface area contributed by atoms with Gasteiger partial charge in [-0.3, -0.25) is 0 Å². The maximum absolute atomic E-state index is 6.83. The summed E-state index contributed by atoms with van der Waals surface area (Å²) in [5, 5.41) is 0. The lowest BCUT2D eigenvalue weighted by Gasteiger charge is -2.38. The summed E-state index contributed by atoms with van der Waals surface area (Å²) in [5.74, 6) is 4.82. The average Bonchev–Trinajstić information content (AvgIpc) is 2.81. The molecule has 0 N–H and O–H groups in total. The number of hydrogen-bond donors (Lipinski definition) is 0.